The molecule has 0 spiro atoms. The second-order valence-corrected chi connectivity index (χ2v) is 7.18. The van der Waals surface area contributed by atoms with Gasteiger partial charge < -0.3 is 9.47 Å². The zero-order valence-corrected chi connectivity index (χ0v) is 14.2. The van der Waals surface area contributed by atoms with E-state index in [0.29, 0.717) is 11.7 Å². The molecule has 124 valence electrons. The second-order valence-electron chi connectivity index (χ2n) is 6.21. The second kappa shape index (κ2) is 6.28. The maximum absolute atomic E-state index is 12.4. The van der Waals surface area contributed by atoms with Crippen molar-refractivity contribution in [1.82, 2.24) is 5.43 Å². The van der Waals surface area contributed by atoms with E-state index in [1.54, 1.807) is 17.6 Å². The number of nitrogens with zero attached hydrogens (tertiary/aromatic N) is 1. The van der Waals surface area contributed by atoms with Crippen LogP contribution in [0.25, 0.3) is 0 Å². The molecule has 5 nitrogen and oxygen atoms in total. The standard InChI is InChI=1S/C18H18N2O3S/c1-11-2-4-13-14(9-24-17(13)6-11)18(21)20-19-8-12-3-5-15-16(7-12)23-10-22-15/h3,5,7-9,11H,2,4,6,10H2,1H3,(H,20,21)/t11-/m1/s1. The number of thiophene rings is 1. The lowest BCUT2D eigenvalue weighted by molar-refractivity contribution is 0.0954. The van der Waals surface area contributed by atoms with Gasteiger partial charge in [0.2, 0.25) is 6.79 Å². The summed E-state index contributed by atoms with van der Waals surface area (Å²) in [5, 5.41) is 6.02. The highest BCUT2D eigenvalue weighted by atomic mass is 32.1. The number of fused-ring (bicyclic) bond motifs is 2. The minimum Gasteiger partial charge on any atom is -0.454 e. The van der Waals surface area contributed by atoms with E-state index in [4.69, 9.17) is 9.47 Å². The number of hydrogen-bond acceptors (Lipinski definition) is 5. The van der Waals surface area contributed by atoms with Crippen molar-refractivity contribution in [1.29, 1.82) is 0 Å². The lowest BCUT2D eigenvalue weighted by Gasteiger charge is -2.18. The van der Waals surface area contributed by atoms with Crippen LogP contribution < -0.4 is 14.9 Å². The van der Waals surface area contributed by atoms with Crippen LogP contribution in [-0.2, 0) is 12.8 Å². The Hall–Kier alpha value is -2.34. The zero-order valence-electron chi connectivity index (χ0n) is 13.4. The summed E-state index contributed by atoms with van der Waals surface area (Å²) in [5.74, 6) is 2.00. The van der Waals surface area contributed by atoms with Crippen LogP contribution in [0.2, 0.25) is 0 Å². The molecule has 6 heteroatoms. The fourth-order valence-electron chi connectivity index (χ4n) is 3.09. The first-order chi connectivity index (χ1) is 11.7. The Morgan fingerprint density at radius 2 is 2.25 bits per heavy atom. The summed E-state index contributed by atoms with van der Waals surface area (Å²) in [7, 11) is 0. The van der Waals surface area contributed by atoms with Crippen LogP contribution in [0.1, 0.15) is 39.7 Å². The SMILES string of the molecule is C[C@@H]1CCc2c(C(=O)NN=Cc3ccc4c(c3)OCO4)csc2C1. The molecule has 0 saturated heterocycles. The molecule has 2 aromatic rings. The molecule has 1 N–H and O–H groups in total. The number of nitrogens with one attached hydrogen (secondary N) is 1. The molecule has 0 fully saturated rings. The van der Waals surface area contributed by atoms with E-state index >= 15 is 0 Å². The molecule has 2 heterocycles. The van der Waals surface area contributed by atoms with E-state index in [1.807, 2.05) is 23.6 Å². The summed E-state index contributed by atoms with van der Waals surface area (Å²) in [6, 6.07) is 5.55. The molecule has 1 aromatic carbocycles. The fraction of sp³-hybridized carbons (Fsp3) is 0.333. The number of ether oxygens (including phenoxy) is 2. The predicted molar refractivity (Wildman–Crippen MR) is 93.1 cm³/mol. The Morgan fingerprint density at radius 1 is 1.38 bits per heavy atom. The minimum absolute atomic E-state index is 0.140. The van der Waals surface area contributed by atoms with Crippen molar-refractivity contribution in [2.45, 2.75) is 26.2 Å². The van der Waals surface area contributed by atoms with Crippen LogP contribution >= 0.6 is 11.3 Å². The zero-order chi connectivity index (χ0) is 16.5. The van der Waals surface area contributed by atoms with Crippen LogP contribution in [0.15, 0.2) is 28.7 Å². The van der Waals surface area contributed by atoms with Crippen molar-refractivity contribution in [3.8, 4) is 11.5 Å². The van der Waals surface area contributed by atoms with Crippen molar-refractivity contribution < 1.29 is 14.3 Å². The summed E-state index contributed by atoms with van der Waals surface area (Å²) in [6.45, 7) is 2.51. The van der Waals surface area contributed by atoms with Crippen LogP contribution in [-0.4, -0.2) is 18.9 Å². The number of amides is 1. The van der Waals surface area contributed by atoms with Gasteiger partial charge in [-0.15, -0.1) is 11.3 Å². The van der Waals surface area contributed by atoms with Crippen molar-refractivity contribution in [2.75, 3.05) is 6.79 Å². The first kappa shape index (κ1) is 15.2. The van der Waals surface area contributed by atoms with Gasteiger partial charge in [-0.25, -0.2) is 5.43 Å². The minimum atomic E-state index is -0.140. The summed E-state index contributed by atoms with van der Waals surface area (Å²) in [5.41, 5.74) is 5.45. The number of hydrogen-bond donors (Lipinski definition) is 1. The van der Waals surface area contributed by atoms with Crippen molar-refractivity contribution in [3.63, 3.8) is 0 Å². The van der Waals surface area contributed by atoms with Crippen LogP contribution in [0.5, 0.6) is 11.5 Å². The first-order valence-electron chi connectivity index (χ1n) is 8.03. The normalized spacial score (nSPS) is 18.6. The van der Waals surface area contributed by atoms with Gasteiger partial charge in [0.15, 0.2) is 11.5 Å². The van der Waals surface area contributed by atoms with Gasteiger partial charge in [0.1, 0.15) is 0 Å². The highest BCUT2D eigenvalue weighted by Gasteiger charge is 2.23. The van der Waals surface area contributed by atoms with Crippen LogP contribution in [0.4, 0.5) is 0 Å². The van der Waals surface area contributed by atoms with Gasteiger partial charge in [0, 0.05) is 10.3 Å². The van der Waals surface area contributed by atoms with Crippen molar-refractivity contribution in [2.24, 2.45) is 11.0 Å². The molecule has 2 aliphatic rings. The number of benzene rings is 1. The number of carbonyl (C=O) groups is 1. The summed E-state index contributed by atoms with van der Waals surface area (Å²) in [6.07, 6.45) is 4.81. The van der Waals surface area contributed by atoms with Gasteiger partial charge in [-0.1, -0.05) is 6.92 Å². The van der Waals surface area contributed by atoms with E-state index in [-0.39, 0.29) is 12.7 Å². The first-order valence-corrected chi connectivity index (χ1v) is 8.91. The Balaban J connectivity index is 1.43. The van der Waals surface area contributed by atoms with Gasteiger partial charge in [-0.3, -0.25) is 4.79 Å². The number of rotatable bonds is 3. The monoisotopic (exact) mass is 342 g/mol. The molecule has 1 aliphatic carbocycles. The molecule has 1 atom stereocenters. The molecule has 0 saturated carbocycles. The van der Waals surface area contributed by atoms with Crippen molar-refractivity contribution >= 4 is 23.5 Å². The lowest BCUT2D eigenvalue weighted by atomic mass is 9.88. The number of carbonyl (C=O) groups excluding carboxylic acids is 1. The van der Waals surface area contributed by atoms with Gasteiger partial charge in [0.25, 0.3) is 5.91 Å². The summed E-state index contributed by atoms with van der Waals surface area (Å²) < 4.78 is 10.6. The van der Waals surface area contributed by atoms with Crippen LogP contribution in [0.3, 0.4) is 0 Å². The third kappa shape index (κ3) is 2.89. The molecule has 4 rings (SSSR count). The largest absolute Gasteiger partial charge is 0.454 e. The molecular formula is C18H18N2O3S. The Bertz CT molecular complexity index is 813. The molecule has 1 amide bonds. The highest BCUT2D eigenvalue weighted by Crippen LogP contribution is 2.33. The smallest absolute Gasteiger partial charge is 0.272 e. The highest BCUT2D eigenvalue weighted by molar-refractivity contribution is 7.10. The molecular weight excluding hydrogens is 324 g/mol. The maximum Gasteiger partial charge on any atom is 0.272 e. The molecule has 0 unspecified atom stereocenters. The van der Waals surface area contributed by atoms with E-state index < -0.39 is 0 Å². The van der Waals surface area contributed by atoms with E-state index in [9.17, 15) is 4.79 Å². The third-order valence-corrected chi connectivity index (χ3v) is 5.47. The maximum atomic E-state index is 12.4. The summed E-state index contributed by atoms with van der Waals surface area (Å²) in [4.78, 5) is 13.7. The third-order valence-electron chi connectivity index (χ3n) is 4.42. The quantitative estimate of drug-likeness (QED) is 0.687. The van der Waals surface area contributed by atoms with E-state index in [1.165, 1.54) is 10.4 Å². The Kier molecular flexibility index (Phi) is 3.98. The molecule has 24 heavy (non-hydrogen) atoms. The van der Waals surface area contributed by atoms with Gasteiger partial charge in [-0.2, -0.15) is 5.10 Å². The molecule has 1 aliphatic heterocycles. The van der Waals surface area contributed by atoms with E-state index in [0.717, 1.165) is 36.1 Å². The van der Waals surface area contributed by atoms with Gasteiger partial charge in [0.05, 0.1) is 11.8 Å². The van der Waals surface area contributed by atoms with Crippen molar-refractivity contribution in [3.05, 3.63) is 45.1 Å². The Labute approximate surface area is 144 Å². The lowest BCUT2D eigenvalue weighted by Crippen LogP contribution is -2.20. The topological polar surface area (TPSA) is 59.9 Å². The fourth-order valence-corrected chi connectivity index (χ4v) is 4.33. The average Bonchev–Trinajstić information content (AvgIpc) is 3.20. The van der Waals surface area contributed by atoms with Gasteiger partial charge in [-0.05, 0) is 54.5 Å². The molecule has 0 bridgehead atoms. The Morgan fingerprint density at radius 3 is 3.17 bits per heavy atom. The average molecular weight is 342 g/mol. The molecule has 0 radical (unpaired) electrons. The van der Waals surface area contributed by atoms with E-state index in [2.05, 4.69) is 17.5 Å². The van der Waals surface area contributed by atoms with Crippen LogP contribution in [0, 0.1) is 5.92 Å². The predicted octanol–water partition coefficient (Wildman–Crippen LogP) is 3.37. The molecule has 1 aromatic heterocycles. The summed E-state index contributed by atoms with van der Waals surface area (Å²) >= 11 is 1.68. The van der Waals surface area contributed by atoms with Gasteiger partial charge >= 0.3 is 0 Å². The number of hydrazone groups is 1.